The fourth-order valence-corrected chi connectivity index (χ4v) is 4.33. The summed E-state index contributed by atoms with van der Waals surface area (Å²) < 4.78 is 6.47. The molecule has 0 spiro atoms. The highest BCUT2D eigenvalue weighted by molar-refractivity contribution is 7.07. The molecule has 0 aliphatic carbocycles. The molecule has 0 radical (unpaired) electrons. The minimum absolute atomic E-state index is 0.0160. The number of aromatic nitrogens is 1. The Morgan fingerprint density at radius 2 is 1.61 bits per heavy atom. The third-order valence-electron chi connectivity index (χ3n) is 5.13. The third-order valence-corrected chi connectivity index (χ3v) is 5.96. The molecule has 0 atom stereocenters. The first-order valence-electron chi connectivity index (χ1n) is 10.3. The van der Waals surface area contributed by atoms with E-state index in [4.69, 9.17) is 4.74 Å². The second-order valence-corrected chi connectivity index (χ2v) is 8.11. The van der Waals surface area contributed by atoms with Crippen LogP contribution in [-0.2, 0) is 4.74 Å². The third kappa shape index (κ3) is 4.79. The number of benzene rings is 3. The molecule has 0 aliphatic heterocycles. The molecule has 180 valence electrons. The lowest BCUT2D eigenvalue weighted by Gasteiger charge is -2.13. The minimum atomic E-state index is -0.722. The summed E-state index contributed by atoms with van der Waals surface area (Å²) in [6.07, 6.45) is 0. The first-order valence-corrected chi connectivity index (χ1v) is 11.1. The van der Waals surface area contributed by atoms with Crippen molar-refractivity contribution in [1.82, 2.24) is 4.57 Å². The lowest BCUT2D eigenvalue weighted by Crippen LogP contribution is -2.19. The summed E-state index contributed by atoms with van der Waals surface area (Å²) in [7, 11) is 1.24. The van der Waals surface area contributed by atoms with Gasteiger partial charge in [0.15, 0.2) is 4.80 Å². The predicted octanol–water partition coefficient (Wildman–Crippen LogP) is 4.55. The fourth-order valence-electron chi connectivity index (χ4n) is 3.43. The number of carbonyl (C=O) groups excluding carboxylic acids is 2. The number of nitrogens with zero attached hydrogens (tertiary/aromatic N) is 4. The summed E-state index contributed by atoms with van der Waals surface area (Å²) in [5.41, 5.74) is 1.31. The molecule has 4 aromatic rings. The summed E-state index contributed by atoms with van der Waals surface area (Å²) in [5, 5.41) is 23.9. The van der Waals surface area contributed by atoms with E-state index < -0.39 is 21.7 Å². The van der Waals surface area contributed by atoms with Gasteiger partial charge in [-0.3, -0.25) is 29.6 Å². The van der Waals surface area contributed by atoms with Gasteiger partial charge < -0.3 is 4.74 Å². The molecule has 11 nitrogen and oxygen atoms in total. The van der Waals surface area contributed by atoms with Gasteiger partial charge in [0.2, 0.25) is 0 Å². The van der Waals surface area contributed by atoms with Crippen LogP contribution >= 0.6 is 11.3 Å². The van der Waals surface area contributed by atoms with E-state index in [2.05, 4.69) is 4.99 Å². The van der Waals surface area contributed by atoms with Crippen molar-refractivity contribution in [3.63, 3.8) is 0 Å². The van der Waals surface area contributed by atoms with Crippen LogP contribution in [0.2, 0.25) is 0 Å². The van der Waals surface area contributed by atoms with Gasteiger partial charge >= 0.3 is 5.97 Å². The number of rotatable bonds is 6. The number of thiazole rings is 1. The highest BCUT2D eigenvalue weighted by Crippen LogP contribution is 2.27. The molecule has 0 aliphatic rings. The molecule has 1 amide bonds. The van der Waals surface area contributed by atoms with Crippen molar-refractivity contribution in [3.05, 3.63) is 114 Å². The van der Waals surface area contributed by atoms with E-state index in [-0.39, 0.29) is 27.3 Å². The fraction of sp³-hybridized carbons (Fsp3) is 0.0417. The molecule has 36 heavy (non-hydrogen) atoms. The van der Waals surface area contributed by atoms with Crippen LogP contribution < -0.4 is 4.80 Å². The predicted molar refractivity (Wildman–Crippen MR) is 130 cm³/mol. The van der Waals surface area contributed by atoms with Crippen molar-refractivity contribution in [2.45, 2.75) is 0 Å². The molecule has 4 rings (SSSR count). The van der Waals surface area contributed by atoms with Crippen LogP contribution in [0.4, 0.5) is 11.4 Å². The van der Waals surface area contributed by atoms with Crippen LogP contribution in [0.15, 0.2) is 83.2 Å². The highest BCUT2D eigenvalue weighted by atomic mass is 32.1. The van der Waals surface area contributed by atoms with E-state index in [0.717, 1.165) is 17.4 Å². The van der Waals surface area contributed by atoms with Crippen molar-refractivity contribution in [1.29, 1.82) is 0 Å². The second-order valence-electron chi connectivity index (χ2n) is 7.28. The van der Waals surface area contributed by atoms with Gasteiger partial charge in [-0.15, -0.1) is 11.3 Å². The van der Waals surface area contributed by atoms with Crippen molar-refractivity contribution >= 4 is 34.6 Å². The molecule has 0 N–H and O–H groups in total. The van der Waals surface area contributed by atoms with Gasteiger partial charge in [0.1, 0.15) is 0 Å². The van der Waals surface area contributed by atoms with Gasteiger partial charge in [-0.1, -0.05) is 18.2 Å². The summed E-state index contributed by atoms with van der Waals surface area (Å²) in [5.74, 6) is -1.34. The van der Waals surface area contributed by atoms with Crippen LogP contribution in [-0.4, -0.2) is 33.4 Å². The van der Waals surface area contributed by atoms with Gasteiger partial charge in [0, 0.05) is 35.2 Å². The molecule has 12 heteroatoms. The molecule has 1 aromatic heterocycles. The Kier molecular flexibility index (Phi) is 6.79. The molecule has 0 fully saturated rings. The smallest absolute Gasteiger partial charge is 0.339 e. The molecular weight excluding hydrogens is 488 g/mol. The Balaban J connectivity index is 1.93. The normalized spacial score (nSPS) is 11.2. The van der Waals surface area contributed by atoms with Crippen molar-refractivity contribution < 1.29 is 24.2 Å². The van der Waals surface area contributed by atoms with Gasteiger partial charge in [0.25, 0.3) is 17.3 Å². The van der Waals surface area contributed by atoms with Crippen LogP contribution in [0.1, 0.15) is 20.7 Å². The van der Waals surface area contributed by atoms with Crippen LogP contribution in [0, 0.1) is 20.2 Å². The number of nitro groups is 2. The van der Waals surface area contributed by atoms with E-state index in [1.165, 1.54) is 37.4 Å². The molecular formula is C24H16N4O7S. The van der Waals surface area contributed by atoms with E-state index >= 15 is 0 Å². The standard InChI is InChI=1S/C24H16N4O7S/c1-35-23(30)19-7-2-3-8-20(19)26-21(15-9-11-17(12-10-15)27(31)32)14-36-24(26)25-22(29)16-5-4-6-18(13-16)28(33)34/h2-14H,1H3. The number of methoxy groups -OCH3 is 1. The van der Waals surface area contributed by atoms with Gasteiger partial charge in [0.05, 0.1) is 33.9 Å². The van der Waals surface area contributed by atoms with Gasteiger partial charge in [-0.05, 0) is 35.9 Å². The number of hydrogen-bond acceptors (Lipinski definition) is 8. The summed E-state index contributed by atoms with van der Waals surface area (Å²) in [4.78, 5) is 50.8. The quantitative estimate of drug-likeness (QED) is 0.213. The Morgan fingerprint density at radius 3 is 2.28 bits per heavy atom. The Hall–Kier alpha value is -4.97. The second kappa shape index (κ2) is 10.1. The van der Waals surface area contributed by atoms with Crippen molar-refractivity contribution in [2.24, 2.45) is 4.99 Å². The Labute approximate surface area is 206 Å². The monoisotopic (exact) mass is 504 g/mol. The first kappa shape index (κ1) is 24.2. The molecule has 3 aromatic carbocycles. The largest absolute Gasteiger partial charge is 0.465 e. The van der Waals surface area contributed by atoms with Crippen molar-refractivity contribution in [3.8, 4) is 16.9 Å². The molecule has 0 unspecified atom stereocenters. The summed E-state index contributed by atoms with van der Waals surface area (Å²) in [6, 6.07) is 17.5. The number of non-ortho nitro benzene ring substituents is 2. The first-order chi connectivity index (χ1) is 17.3. The van der Waals surface area contributed by atoms with Crippen LogP contribution in [0.3, 0.4) is 0 Å². The van der Waals surface area contributed by atoms with Crippen molar-refractivity contribution in [2.75, 3.05) is 7.11 Å². The zero-order chi connectivity index (χ0) is 25.8. The summed E-state index contributed by atoms with van der Waals surface area (Å²) in [6.45, 7) is 0. The lowest BCUT2D eigenvalue weighted by molar-refractivity contribution is -0.385. The number of ether oxygens (including phenoxy) is 1. The van der Waals surface area contributed by atoms with Crippen LogP contribution in [0.25, 0.3) is 16.9 Å². The zero-order valence-electron chi connectivity index (χ0n) is 18.6. The number of carbonyl (C=O) groups is 2. The number of esters is 1. The minimum Gasteiger partial charge on any atom is -0.465 e. The molecule has 0 bridgehead atoms. The number of para-hydroxylation sites is 1. The van der Waals surface area contributed by atoms with Gasteiger partial charge in [-0.2, -0.15) is 4.99 Å². The average Bonchev–Trinajstić information content (AvgIpc) is 3.31. The van der Waals surface area contributed by atoms with Crippen LogP contribution in [0.5, 0.6) is 0 Å². The SMILES string of the molecule is COC(=O)c1ccccc1-n1c(-c2ccc([N+](=O)[O-])cc2)csc1=NC(=O)c1cccc([N+](=O)[O-])c1. The number of hydrogen-bond donors (Lipinski definition) is 0. The average molecular weight is 504 g/mol. The van der Waals surface area contributed by atoms with E-state index in [0.29, 0.717) is 16.9 Å². The Bertz CT molecular complexity index is 1570. The maximum Gasteiger partial charge on any atom is 0.339 e. The van der Waals surface area contributed by atoms with E-state index in [9.17, 15) is 29.8 Å². The van der Waals surface area contributed by atoms with Gasteiger partial charge in [-0.25, -0.2) is 4.79 Å². The highest BCUT2D eigenvalue weighted by Gasteiger charge is 2.19. The zero-order valence-corrected chi connectivity index (χ0v) is 19.4. The number of amides is 1. The Morgan fingerprint density at radius 1 is 0.917 bits per heavy atom. The maximum atomic E-state index is 13.0. The van der Waals surface area contributed by atoms with E-state index in [1.54, 1.807) is 46.3 Å². The lowest BCUT2D eigenvalue weighted by atomic mass is 10.1. The topological polar surface area (TPSA) is 147 Å². The summed E-state index contributed by atoms with van der Waals surface area (Å²) >= 11 is 1.09. The molecule has 1 heterocycles. The molecule has 0 saturated carbocycles. The number of nitro benzene ring substituents is 2. The molecule has 0 saturated heterocycles. The van der Waals surface area contributed by atoms with E-state index in [1.807, 2.05) is 0 Å². The maximum absolute atomic E-state index is 13.0.